The van der Waals surface area contributed by atoms with Crippen LogP contribution in [0.1, 0.15) is 38.8 Å². The third-order valence-corrected chi connectivity index (χ3v) is 8.04. The highest BCUT2D eigenvalue weighted by Crippen LogP contribution is 2.33. The molecule has 3 heterocycles. The van der Waals surface area contributed by atoms with Gasteiger partial charge in [0.2, 0.25) is 5.91 Å². The summed E-state index contributed by atoms with van der Waals surface area (Å²) in [4.78, 5) is 51.6. The molecule has 0 bridgehead atoms. The number of hydrogen-bond donors (Lipinski definition) is 6. The number of ether oxygens (including phenoxy) is 1. The Kier molecular flexibility index (Phi) is 12.5. The fraction of sp³-hybridized carbons (Fsp3) is 0.379. The number of pyridine rings is 1. The molecule has 0 aliphatic carbocycles. The number of anilines is 2. The molecule has 252 valence electrons. The van der Waals surface area contributed by atoms with Crippen LogP contribution in [-0.2, 0) is 23.5 Å². The Labute approximate surface area is 279 Å². The molecule has 1 aliphatic heterocycles. The van der Waals surface area contributed by atoms with Gasteiger partial charge in [0.25, 0.3) is 11.8 Å². The lowest BCUT2D eigenvalue weighted by Crippen LogP contribution is -2.76. The van der Waals surface area contributed by atoms with Gasteiger partial charge in [-0.15, -0.1) is 11.3 Å². The summed E-state index contributed by atoms with van der Waals surface area (Å²) in [6.07, 6.45) is 3.81. The summed E-state index contributed by atoms with van der Waals surface area (Å²) in [5, 5.41) is 12.0. The molecule has 1 aliphatic rings. The van der Waals surface area contributed by atoms with Crippen molar-refractivity contribution in [3.05, 3.63) is 53.7 Å². The third-order valence-electron chi connectivity index (χ3n) is 7.15. The lowest BCUT2D eigenvalue weighted by atomic mass is 9.84. The SMILES string of the molecule is CC1(C)C(NC(=O)/C(=N\OCCOc2ccc(-c3ccc(NC(=O)C(N)CCCCN)nc3)cc2)c2csc(N)n2)C(=O)N1OSO. The second-order valence-electron chi connectivity index (χ2n) is 10.9. The molecular formula is C29H37N9O7S2. The number of benzene rings is 1. The molecule has 3 amide bonds. The van der Waals surface area contributed by atoms with E-state index in [1.54, 1.807) is 43.6 Å². The predicted octanol–water partition coefficient (Wildman–Crippen LogP) is 2.14. The molecule has 1 aromatic carbocycles. The van der Waals surface area contributed by atoms with Crippen LogP contribution in [0, 0.1) is 0 Å². The van der Waals surface area contributed by atoms with Crippen molar-refractivity contribution in [3.63, 3.8) is 0 Å². The Morgan fingerprint density at radius 2 is 1.91 bits per heavy atom. The minimum atomic E-state index is -0.940. The quantitative estimate of drug-likeness (QED) is 0.0392. The van der Waals surface area contributed by atoms with Gasteiger partial charge in [-0.05, 0) is 63.1 Å². The maximum Gasteiger partial charge on any atom is 0.276 e. The van der Waals surface area contributed by atoms with E-state index in [9.17, 15) is 14.4 Å². The summed E-state index contributed by atoms with van der Waals surface area (Å²) in [7, 11) is 0. The minimum absolute atomic E-state index is 0.00484. The topological polar surface area (TPSA) is 243 Å². The fourth-order valence-electron chi connectivity index (χ4n) is 4.51. The molecule has 3 aromatic rings. The Morgan fingerprint density at radius 1 is 1.17 bits per heavy atom. The zero-order valence-electron chi connectivity index (χ0n) is 25.8. The largest absolute Gasteiger partial charge is 0.490 e. The molecule has 4 rings (SSSR count). The molecule has 2 unspecified atom stereocenters. The highest BCUT2D eigenvalue weighted by molar-refractivity contribution is 7.88. The number of β-lactam (4-membered cyclic amide) rings is 1. The van der Waals surface area contributed by atoms with E-state index in [-0.39, 0.29) is 48.0 Å². The van der Waals surface area contributed by atoms with Crippen LogP contribution in [0.4, 0.5) is 10.9 Å². The lowest BCUT2D eigenvalue weighted by molar-refractivity contribution is -0.214. The van der Waals surface area contributed by atoms with Gasteiger partial charge < -0.3 is 42.0 Å². The van der Waals surface area contributed by atoms with Crippen LogP contribution in [0.2, 0.25) is 0 Å². The third kappa shape index (κ3) is 9.15. The molecular weight excluding hydrogens is 651 g/mol. The van der Waals surface area contributed by atoms with Crippen LogP contribution in [0.15, 0.2) is 53.1 Å². The second-order valence-corrected chi connectivity index (χ2v) is 12.1. The van der Waals surface area contributed by atoms with Crippen LogP contribution in [0.3, 0.4) is 0 Å². The van der Waals surface area contributed by atoms with Gasteiger partial charge in [0.1, 0.15) is 29.9 Å². The van der Waals surface area contributed by atoms with E-state index in [0.29, 0.717) is 24.5 Å². The van der Waals surface area contributed by atoms with Crippen molar-refractivity contribution >= 4 is 58.0 Å². The number of nitrogens with two attached hydrogens (primary N) is 3. The Balaban J connectivity index is 1.27. The van der Waals surface area contributed by atoms with Gasteiger partial charge >= 0.3 is 0 Å². The van der Waals surface area contributed by atoms with E-state index in [1.165, 1.54) is 0 Å². The molecule has 0 radical (unpaired) electrons. The van der Waals surface area contributed by atoms with Crippen molar-refractivity contribution in [1.82, 2.24) is 20.3 Å². The summed E-state index contributed by atoms with van der Waals surface area (Å²) in [5.41, 5.74) is 18.0. The lowest BCUT2D eigenvalue weighted by Gasteiger charge is -2.50. The normalized spacial score (nSPS) is 16.3. The van der Waals surface area contributed by atoms with Crippen LogP contribution in [0.5, 0.6) is 5.75 Å². The van der Waals surface area contributed by atoms with Gasteiger partial charge in [0.15, 0.2) is 29.8 Å². The Hall–Kier alpha value is -4.33. The van der Waals surface area contributed by atoms with E-state index < -0.39 is 29.4 Å². The monoisotopic (exact) mass is 687 g/mol. The number of carbonyl (C=O) groups is 3. The molecule has 1 fully saturated rings. The summed E-state index contributed by atoms with van der Waals surface area (Å²) in [6, 6.07) is 9.28. The number of carbonyl (C=O) groups excluding carboxylic acids is 3. The van der Waals surface area contributed by atoms with E-state index in [1.807, 2.05) is 18.2 Å². The number of amides is 3. The first-order valence-electron chi connectivity index (χ1n) is 14.6. The molecule has 18 heteroatoms. The second kappa shape index (κ2) is 16.5. The summed E-state index contributed by atoms with van der Waals surface area (Å²) in [5.74, 6) is -0.559. The van der Waals surface area contributed by atoms with E-state index in [2.05, 4.69) is 25.8 Å². The zero-order valence-corrected chi connectivity index (χ0v) is 27.4. The number of nitrogens with one attached hydrogen (secondary N) is 2. The van der Waals surface area contributed by atoms with Crippen molar-refractivity contribution in [3.8, 4) is 16.9 Å². The van der Waals surface area contributed by atoms with Crippen LogP contribution >= 0.6 is 23.7 Å². The van der Waals surface area contributed by atoms with E-state index in [4.69, 9.17) is 35.6 Å². The molecule has 0 spiro atoms. The van der Waals surface area contributed by atoms with Gasteiger partial charge in [-0.3, -0.25) is 14.4 Å². The zero-order chi connectivity index (χ0) is 34.0. The standard InChI is InChI=1S/C29H37N9O7S2/c1-29(2)24(27(41)38(29)45-47-42)36-26(40)23(21-16-46-28(32)34-21)37-44-14-13-43-19-9-6-17(7-10-19)18-8-11-22(33-15-18)35-25(39)20(31)5-3-4-12-30/h6-11,15-16,20,24,42H,3-5,12-14,30-31H2,1-2H3,(H2,32,34)(H,36,40)(H,33,35,39)/b37-23-. The number of rotatable bonds is 17. The van der Waals surface area contributed by atoms with Gasteiger partial charge in [-0.1, -0.05) is 23.7 Å². The van der Waals surface area contributed by atoms with Crippen LogP contribution in [0.25, 0.3) is 11.1 Å². The van der Waals surface area contributed by atoms with Crippen molar-refractivity contribution in [1.29, 1.82) is 0 Å². The number of hydrogen-bond acceptors (Lipinski definition) is 15. The first kappa shape index (κ1) is 35.5. The van der Waals surface area contributed by atoms with E-state index in [0.717, 1.165) is 40.4 Å². The number of hydroxylamine groups is 2. The van der Waals surface area contributed by atoms with Crippen molar-refractivity contribution in [2.45, 2.75) is 50.7 Å². The molecule has 9 N–H and O–H groups in total. The number of thiazole rings is 1. The molecule has 16 nitrogen and oxygen atoms in total. The van der Waals surface area contributed by atoms with Crippen molar-refractivity contribution < 1.29 is 32.8 Å². The van der Waals surface area contributed by atoms with Gasteiger partial charge in [-0.25, -0.2) is 9.97 Å². The molecule has 1 saturated heterocycles. The fourth-order valence-corrected chi connectivity index (χ4v) is 5.39. The summed E-state index contributed by atoms with van der Waals surface area (Å²) >= 11 is 1.15. The number of unbranched alkanes of at least 4 members (excludes halogenated alkanes) is 1. The highest BCUT2D eigenvalue weighted by Gasteiger charge is 2.57. The van der Waals surface area contributed by atoms with Gasteiger partial charge in [0, 0.05) is 17.1 Å². The van der Waals surface area contributed by atoms with Crippen molar-refractivity contribution in [2.24, 2.45) is 16.6 Å². The maximum absolute atomic E-state index is 13.1. The van der Waals surface area contributed by atoms with Crippen LogP contribution in [-0.4, -0.2) is 80.4 Å². The smallest absolute Gasteiger partial charge is 0.276 e. The molecule has 2 aromatic heterocycles. The number of oxime groups is 1. The maximum atomic E-state index is 13.1. The van der Waals surface area contributed by atoms with Gasteiger partial charge in [0.05, 0.1) is 11.6 Å². The molecule has 2 atom stereocenters. The van der Waals surface area contributed by atoms with Crippen LogP contribution < -0.4 is 32.6 Å². The number of nitrogen functional groups attached to an aromatic ring is 1. The summed E-state index contributed by atoms with van der Waals surface area (Å²) in [6.45, 7) is 3.99. The first-order valence-corrected chi connectivity index (χ1v) is 16.1. The van der Waals surface area contributed by atoms with Gasteiger partial charge in [-0.2, -0.15) is 9.35 Å². The van der Waals surface area contributed by atoms with E-state index >= 15 is 0 Å². The average Bonchev–Trinajstić information content (AvgIpc) is 3.50. The van der Waals surface area contributed by atoms with Crippen molar-refractivity contribution in [2.75, 3.05) is 30.8 Å². The molecule has 47 heavy (non-hydrogen) atoms. The summed E-state index contributed by atoms with van der Waals surface area (Å²) < 4.78 is 19.5. The highest BCUT2D eigenvalue weighted by atomic mass is 32.2. The number of nitrogens with zero attached hydrogens (tertiary/aromatic N) is 4. The Morgan fingerprint density at radius 3 is 2.53 bits per heavy atom. The minimum Gasteiger partial charge on any atom is -0.490 e. The average molecular weight is 688 g/mol. The predicted molar refractivity (Wildman–Crippen MR) is 178 cm³/mol. The first-order chi connectivity index (χ1) is 22.5. The number of aromatic nitrogens is 2. The Bertz CT molecular complexity index is 1550. The molecule has 0 saturated carbocycles.